The minimum absolute atomic E-state index is 0.296. The van der Waals surface area contributed by atoms with Crippen LogP contribution in [0.4, 0.5) is 5.69 Å². The summed E-state index contributed by atoms with van der Waals surface area (Å²) in [6.45, 7) is 0. The lowest BCUT2D eigenvalue weighted by atomic mass is 10.1. The van der Waals surface area contributed by atoms with E-state index in [4.69, 9.17) is 9.47 Å². The molecule has 8 heteroatoms. The number of nitrogens with one attached hydrogen (secondary N) is 2. The normalized spacial score (nSPS) is 10.8. The summed E-state index contributed by atoms with van der Waals surface area (Å²) in [5.41, 5.74) is 6.24. The maximum atomic E-state index is 12.3. The summed E-state index contributed by atoms with van der Waals surface area (Å²) in [6.07, 6.45) is 3.15. The van der Waals surface area contributed by atoms with E-state index in [1.54, 1.807) is 32.5 Å². The van der Waals surface area contributed by atoms with Crippen molar-refractivity contribution >= 4 is 17.8 Å². The zero-order valence-corrected chi connectivity index (χ0v) is 16.8. The van der Waals surface area contributed by atoms with Crippen LogP contribution in [0.5, 0.6) is 11.5 Å². The van der Waals surface area contributed by atoms with Gasteiger partial charge in [-0.05, 0) is 42.5 Å². The average Bonchev–Trinajstić information content (AvgIpc) is 3.21. The predicted molar refractivity (Wildman–Crippen MR) is 113 cm³/mol. The molecule has 3 aromatic rings. The Hall–Kier alpha value is -3.81. The van der Waals surface area contributed by atoms with Gasteiger partial charge in [0.2, 0.25) is 0 Å². The quantitative estimate of drug-likeness (QED) is 0.476. The zero-order valence-electron chi connectivity index (χ0n) is 16.8. The van der Waals surface area contributed by atoms with Gasteiger partial charge in [-0.1, -0.05) is 0 Å². The maximum Gasteiger partial charge on any atom is 0.271 e. The van der Waals surface area contributed by atoms with Gasteiger partial charge in [-0.15, -0.1) is 0 Å². The molecule has 0 saturated carbocycles. The smallest absolute Gasteiger partial charge is 0.271 e. The van der Waals surface area contributed by atoms with Gasteiger partial charge < -0.3 is 14.4 Å². The van der Waals surface area contributed by atoms with E-state index in [0.29, 0.717) is 28.3 Å². The average molecular weight is 393 g/mol. The van der Waals surface area contributed by atoms with Crippen molar-refractivity contribution in [2.45, 2.75) is 0 Å². The van der Waals surface area contributed by atoms with E-state index in [9.17, 15) is 4.79 Å². The molecule has 1 amide bonds. The molecule has 0 bridgehead atoms. The molecular formula is C21H23N5O3. The Morgan fingerprint density at radius 2 is 1.90 bits per heavy atom. The third-order valence-electron chi connectivity index (χ3n) is 4.36. The van der Waals surface area contributed by atoms with Gasteiger partial charge in [-0.3, -0.25) is 9.89 Å². The molecule has 0 atom stereocenters. The van der Waals surface area contributed by atoms with Crippen molar-refractivity contribution in [2.24, 2.45) is 5.10 Å². The first-order valence-electron chi connectivity index (χ1n) is 8.90. The standard InChI is InChI=1S/C21H23N5O3/c1-26(2)16-7-5-14(6-8-16)21(27)25-23-13-15-12-22-24-20(15)18-11-17(28-3)9-10-19(18)29-4/h5-13H,1-4H3,(H,22,24)(H,25,27)/b23-13-. The number of carbonyl (C=O) groups excluding carboxylic acids is 1. The third kappa shape index (κ3) is 4.55. The number of rotatable bonds is 7. The fourth-order valence-corrected chi connectivity index (χ4v) is 2.75. The van der Waals surface area contributed by atoms with Crippen molar-refractivity contribution in [3.8, 4) is 22.8 Å². The number of aromatic nitrogens is 2. The molecule has 2 N–H and O–H groups in total. The highest BCUT2D eigenvalue weighted by Gasteiger charge is 2.13. The Morgan fingerprint density at radius 3 is 2.55 bits per heavy atom. The van der Waals surface area contributed by atoms with Crippen LogP contribution in [0.3, 0.4) is 0 Å². The highest BCUT2D eigenvalue weighted by Crippen LogP contribution is 2.33. The van der Waals surface area contributed by atoms with Crippen LogP contribution in [-0.2, 0) is 0 Å². The Labute approximate surface area is 169 Å². The van der Waals surface area contributed by atoms with Crippen LogP contribution >= 0.6 is 0 Å². The number of hydrogen-bond acceptors (Lipinski definition) is 6. The summed E-state index contributed by atoms with van der Waals surface area (Å²) >= 11 is 0. The second-order valence-electron chi connectivity index (χ2n) is 6.41. The highest BCUT2D eigenvalue weighted by atomic mass is 16.5. The molecule has 0 fully saturated rings. The number of benzene rings is 2. The topological polar surface area (TPSA) is 91.8 Å². The Balaban J connectivity index is 1.76. The van der Waals surface area contributed by atoms with E-state index in [-0.39, 0.29) is 5.91 Å². The first-order chi connectivity index (χ1) is 14.0. The molecule has 0 unspecified atom stereocenters. The zero-order chi connectivity index (χ0) is 20.8. The van der Waals surface area contributed by atoms with E-state index in [0.717, 1.165) is 11.3 Å². The van der Waals surface area contributed by atoms with E-state index in [1.165, 1.54) is 6.21 Å². The number of hydrazone groups is 1. The highest BCUT2D eigenvalue weighted by molar-refractivity contribution is 5.96. The number of methoxy groups -OCH3 is 2. The number of nitrogens with zero attached hydrogens (tertiary/aromatic N) is 3. The molecule has 150 valence electrons. The number of ether oxygens (including phenoxy) is 2. The molecule has 0 aliphatic heterocycles. The molecule has 0 radical (unpaired) electrons. The first kappa shape index (κ1) is 19.9. The number of anilines is 1. The summed E-state index contributed by atoms with van der Waals surface area (Å²) in [6, 6.07) is 12.7. The summed E-state index contributed by atoms with van der Waals surface area (Å²) in [7, 11) is 7.08. The Bertz CT molecular complexity index is 1010. The molecule has 0 spiro atoms. The molecule has 3 rings (SSSR count). The molecule has 29 heavy (non-hydrogen) atoms. The monoisotopic (exact) mass is 393 g/mol. The second kappa shape index (κ2) is 8.92. The van der Waals surface area contributed by atoms with Crippen LogP contribution in [0.15, 0.2) is 53.8 Å². The lowest BCUT2D eigenvalue weighted by Gasteiger charge is -2.12. The van der Waals surface area contributed by atoms with Crippen LogP contribution in [0.2, 0.25) is 0 Å². The minimum atomic E-state index is -0.296. The number of hydrogen-bond donors (Lipinski definition) is 2. The van der Waals surface area contributed by atoms with Gasteiger partial charge in [-0.2, -0.15) is 10.2 Å². The van der Waals surface area contributed by atoms with Gasteiger partial charge in [0.1, 0.15) is 11.5 Å². The van der Waals surface area contributed by atoms with E-state index < -0.39 is 0 Å². The van der Waals surface area contributed by atoms with Gasteiger partial charge >= 0.3 is 0 Å². The maximum absolute atomic E-state index is 12.3. The molecule has 0 aliphatic rings. The van der Waals surface area contributed by atoms with Crippen LogP contribution in [0.25, 0.3) is 11.3 Å². The largest absolute Gasteiger partial charge is 0.497 e. The number of H-pyrrole nitrogens is 1. The van der Waals surface area contributed by atoms with Crippen LogP contribution in [0, 0.1) is 0 Å². The molecule has 0 aliphatic carbocycles. The number of carbonyl (C=O) groups is 1. The third-order valence-corrected chi connectivity index (χ3v) is 4.36. The lowest BCUT2D eigenvalue weighted by molar-refractivity contribution is 0.0955. The summed E-state index contributed by atoms with van der Waals surface area (Å²) < 4.78 is 10.7. The van der Waals surface area contributed by atoms with Crippen molar-refractivity contribution in [1.29, 1.82) is 0 Å². The SMILES string of the molecule is COc1ccc(OC)c(-c2[nH]ncc2/C=N\NC(=O)c2ccc(N(C)C)cc2)c1. The van der Waals surface area contributed by atoms with Crippen molar-refractivity contribution in [3.63, 3.8) is 0 Å². The fraction of sp³-hybridized carbons (Fsp3) is 0.190. The Morgan fingerprint density at radius 1 is 1.14 bits per heavy atom. The van der Waals surface area contributed by atoms with Crippen molar-refractivity contribution < 1.29 is 14.3 Å². The van der Waals surface area contributed by atoms with E-state index in [2.05, 4.69) is 20.7 Å². The van der Waals surface area contributed by atoms with Gasteiger partial charge in [0.25, 0.3) is 5.91 Å². The van der Waals surface area contributed by atoms with Gasteiger partial charge in [0.05, 0.1) is 32.3 Å². The fourth-order valence-electron chi connectivity index (χ4n) is 2.75. The van der Waals surface area contributed by atoms with Gasteiger partial charge in [0.15, 0.2) is 0 Å². The Kier molecular flexibility index (Phi) is 6.13. The summed E-state index contributed by atoms with van der Waals surface area (Å²) in [4.78, 5) is 14.3. The number of amides is 1. The number of aromatic amines is 1. The van der Waals surface area contributed by atoms with E-state index in [1.807, 2.05) is 49.3 Å². The van der Waals surface area contributed by atoms with Crippen molar-refractivity contribution in [3.05, 3.63) is 59.8 Å². The second-order valence-corrected chi connectivity index (χ2v) is 6.41. The molecule has 2 aromatic carbocycles. The molecule has 1 aromatic heterocycles. The molecule has 1 heterocycles. The molecular weight excluding hydrogens is 370 g/mol. The summed E-state index contributed by atoms with van der Waals surface area (Å²) in [5.74, 6) is 1.05. The molecule has 8 nitrogen and oxygen atoms in total. The van der Waals surface area contributed by atoms with Crippen LogP contribution < -0.4 is 19.8 Å². The van der Waals surface area contributed by atoms with Gasteiger partial charge in [-0.25, -0.2) is 5.43 Å². The van der Waals surface area contributed by atoms with Crippen LogP contribution in [-0.4, -0.2) is 50.6 Å². The van der Waals surface area contributed by atoms with Crippen molar-refractivity contribution in [2.75, 3.05) is 33.2 Å². The van der Waals surface area contributed by atoms with Gasteiger partial charge in [0, 0.05) is 36.5 Å². The minimum Gasteiger partial charge on any atom is -0.497 e. The molecule has 0 saturated heterocycles. The summed E-state index contributed by atoms with van der Waals surface area (Å²) in [5, 5.41) is 11.1. The van der Waals surface area contributed by atoms with Crippen LogP contribution in [0.1, 0.15) is 15.9 Å². The predicted octanol–water partition coefficient (Wildman–Crippen LogP) is 2.92. The van der Waals surface area contributed by atoms with Crippen molar-refractivity contribution in [1.82, 2.24) is 15.6 Å². The first-order valence-corrected chi connectivity index (χ1v) is 8.90. The lowest BCUT2D eigenvalue weighted by Crippen LogP contribution is -2.18. The van der Waals surface area contributed by atoms with E-state index >= 15 is 0 Å².